The predicted molar refractivity (Wildman–Crippen MR) is 81.8 cm³/mol. The Morgan fingerprint density at radius 1 is 1.24 bits per heavy atom. The largest absolute Gasteiger partial charge is 0.393 e. The molecule has 1 aliphatic heterocycles. The van der Waals surface area contributed by atoms with Crippen LogP contribution in [0.4, 0.5) is 0 Å². The second-order valence-electron chi connectivity index (χ2n) is 6.91. The molecule has 3 rings (SSSR count). The van der Waals surface area contributed by atoms with Crippen molar-refractivity contribution in [1.29, 1.82) is 0 Å². The third-order valence-corrected chi connectivity index (χ3v) is 5.17. The van der Waals surface area contributed by atoms with E-state index >= 15 is 0 Å². The van der Waals surface area contributed by atoms with Gasteiger partial charge in [0.25, 0.3) is 0 Å². The van der Waals surface area contributed by atoms with Crippen LogP contribution in [0, 0.1) is 5.92 Å². The van der Waals surface area contributed by atoms with Crippen LogP contribution in [0.1, 0.15) is 64.2 Å². The van der Waals surface area contributed by atoms with Crippen LogP contribution in [0.3, 0.4) is 0 Å². The van der Waals surface area contributed by atoms with E-state index in [9.17, 15) is 5.11 Å². The van der Waals surface area contributed by atoms with Gasteiger partial charge in [0, 0.05) is 18.0 Å². The van der Waals surface area contributed by atoms with E-state index in [1.807, 2.05) is 4.68 Å². The van der Waals surface area contributed by atoms with Crippen LogP contribution in [-0.2, 0) is 6.54 Å². The Kier molecular flexibility index (Phi) is 4.60. The maximum Gasteiger partial charge on any atom is 0.141 e. The summed E-state index contributed by atoms with van der Waals surface area (Å²) in [5.41, 5.74) is 0. The van der Waals surface area contributed by atoms with Gasteiger partial charge in [0.1, 0.15) is 12.2 Å². The molecule has 5 heteroatoms. The lowest BCUT2D eigenvalue weighted by atomic mass is 9.88. The van der Waals surface area contributed by atoms with Gasteiger partial charge in [0.2, 0.25) is 0 Å². The highest BCUT2D eigenvalue weighted by molar-refractivity contribution is 4.94. The van der Waals surface area contributed by atoms with Crippen molar-refractivity contribution in [2.45, 2.75) is 77.1 Å². The molecule has 1 aromatic rings. The lowest BCUT2D eigenvalue weighted by Crippen LogP contribution is -2.46. The topological polar surface area (TPSA) is 54.2 Å². The van der Waals surface area contributed by atoms with E-state index in [0.717, 1.165) is 25.3 Å². The van der Waals surface area contributed by atoms with Gasteiger partial charge >= 0.3 is 0 Å². The van der Waals surface area contributed by atoms with Gasteiger partial charge in [-0.2, -0.15) is 5.10 Å². The highest BCUT2D eigenvalue weighted by Crippen LogP contribution is 2.35. The van der Waals surface area contributed by atoms with Crippen LogP contribution < -0.4 is 0 Å². The molecule has 1 saturated heterocycles. The minimum absolute atomic E-state index is 0.0985. The van der Waals surface area contributed by atoms with Gasteiger partial charge in [0.05, 0.1) is 12.6 Å². The van der Waals surface area contributed by atoms with Crippen LogP contribution in [0.15, 0.2) is 6.33 Å². The SMILES string of the molecule is CC(C)n1ncnc1CN1CCCCC1C1CCCC1O. The molecule has 118 valence electrons. The molecular formula is C16H28N4O. The van der Waals surface area contributed by atoms with Crippen molar-refractivity contribution in [3.8, 4) is 0 Å². The Balaban J connectivity index is 1.73. The van der Waals surface area contributed by atoms with Gasteiger partial charge in [0.15, 0.2) is 0 Å². The lowest BCUT2D eigenvalue weighted by molar-refractivity contribution is 0.0291. The first kappa shape index (κ1) is 15.0. The summed E-state index contributed by atoms with van der Waals surface area (Å²) in [4.78, 5) is 7.01. The fourth-order valence-electron chi connectivity index (χ4n) is 4.12. The van der Waals surface area contributed by atoms with Crippen molar-refractivity contribution < 1.29 is 5.11 Å². The predicted octanol–water partition coefficient (Wildman–Crippen LogP) is 2.37. The Labute approximate surface area is 127 Å². The first-order valence-corrected chi connectivity index (χ1v) is 8.47. The summed E-state index contributed by atoms with van der Waals surface area (Å²) in [5, 5.41) is 14.6. The Morgan fingerprint density at radius 2 is 2.10 bits per heavy atom. The molecule has 21 heavy (non-hydrogen) atoms. The summed E-state index contributed by atoms with van der Waals surface area (Å²) >= 11 is 0. The van der Waals surface area contributed by atoms with Gasteiger partial charge in [-0.25, -0.2) is 9.67 Å². The zero-order valence-corrected chi connectivity index (χ0v) is 13.3. The minimum Gasteiger partial charge on any atom is -0.393 e. The van der Waals surface area contributed by atoms with Gasteiger partial charge in [-0.15, -0.1) is 0 Å². The summed E-state index contributed by atoms with van der Waals surface area (Å²) in [7, 11) is 0. The molecule has 1 aromatic heterocycles. The van der Waals surface area contributed by atoms with E-state index in [1.54, 1.807) is 6.33 Å². The van der Waals surface area contributed by atoms with E-state index in [0.29, 0.717) is 18.0 Å². The molecule has 2 fully saturated rings. The lowest BCUT2D eigenvalue weighted by Gasteiger charge is -2.40. The van der Waals surface area contributed by atoms with Crippen LogP contribution in [0.2, 0.25) is 0 Å². The minimum atomic E-state index is -0.0985. The van der Waals surface area contributed by atoms with Gasteiger partial charge in [-0.05, 0) is 46.1 Å². The van der Waals surface area contributed by atoms with E-state index < -0.39 is 0 Å². The number of rotatable bonds is 4. The quantitative estimate of drug-likeness (QED) is 0.925. The van der Waals surface area contributed by atoms with Crippen molar-refractivity contribution in [3.05, 3.63) is 12.2 Å². The molecule has 0 radical (unpaired) electrons. The third-order valence-electron chi connectivity index (χ3n) is 5.17. The van der Waals surface area contributed by atoms with Crippen molar-refractivity contribution in [1.82, 2.24) is 19.7 Å². The first-order chi connectivity index (χ1) is 10.2. The van der Waals surface area contributed by atoms with Gasteiger partial charge < -0.3 is 5.11 Å². The zero-order valence-electron chi connectivity index (χ0n) is 13.3. The number of likely N-dealkylation sites (tertiary alicyclic amines) is 1. The van der Waals surface area contributed by atoms with Crippen molar-refractivity contribution in [3.63, 3.8) is 0 Å². The Bertz CT molecular complexity index is 459. The Morgan fingerprint density at radius 3 is 2.81 bits per heavy atom. The highest BCUT2D eigenvalue weighted by atomic mass is 16.3. The second kappa shape index (κ2) is 6.44. The van der Waals surface area contributed by atoms with Gasteiger partial charge in [-0.3, -0.25) is 4.90 Å². The van der Waals surface area contributed by atoms with E-state index in [-0.39, 0.29) is 6.10 Å². The van der Waals surface area contributed by atoms with Crippen LogP contribution in [0.5, 0.6) is 0 Å². The zero-order chi connectivity index (χ0) is 14.8. The number of nitrogens with zero attached hydrogens (tertiary/aromatic N) is 4. The molecule has 1 aliphatic carbocycles. The first-order valence-electron chi connectivity index (χ1n) is 8.47. The van der Waals surface area contributed by atoms with Crippen molar-refractivity contribution >= 4 is 0 Å². The van der Waals surface area contributed by atoms with Crippen molar-refractivity contribution in [2.24, 2.45) is 5.92 Å². The summed E-state index contributed by atoms with van der Waals surface area (Å²) in [6.07, 6.45) is 8.68. The maximum absolute atomic E-state index is 10.3. The normalized spacial score (nSPS) is 31.1. The summed E-state index contributed by atoms with van der Waals surface area (Å²) in [6.45, 7) is 6.28. The van der Waals surface area contributed by atoms with Crippen molar-refractivity contribution in [2.75, 3.05) is 6.54 Å². The molecule has 5 nitrogen and oxygen atoms in total. The summed E-state index contributed by atoms with van der Waals surface area (Å²) in [5.74, 6) is 1.52. The van der Waals surface area contributed by atoms with Gasteiger partial charge in [-0.1, -0.05) is 12.8 Å². The number of aliphatic hydroxyl groups excluding tert-OH is 1. The molecule has 1 N–H and O–H groups in total. The second-order valence-corrected chi connectivity index (χ2v) is 6.91. The number of aliphatic hydroxyl groups is 1. The maximum atomic E-state index is 10.3. The van der Waals surface area contributed by atoms with Crippen LogP contribution in [0.25, 0.3) is 0 Å². The highest BCUT2D eigenvalue weighted by Gasteiger charge is 2.37. The number of piperidine rings is 1. The molecule has 0 spiro atoms. The van der Waals surface area contributed by atoms with E-state index in [1.165, 1.54) is 32.1 Å². The number of hydrogen-bond acceptors (Lipinski definition) is 4. The number of aromatic nitrogens is 3. The van der Waals surface area contributed by atoms with Crippen LogP contribution >= 0.6 is 0 Å². The van der Waals surface area contributed by atoms with E-state index in [4.69, 9.17) is 0 Å². The fraction of sp³-hybridized carbons (Fsp3) is 0.875. The molecule has 2 aliphatic rings. The molecule has 3 unspecified atom stereocenters. The molecule has 0 aromatic carbocycles. The smallest absolute Gasteiger partial charge is 0.141 e. The fourth-order valence-corrected chi connectivity index (χ4v) is 4.12. The molecule has 1 saturated carbocycles. The molecule has 3 atom stereocenters. The standard InChI is InChI=1S/C16H28N4O/c1-12(2)20-16(17-11-18-20)10-19-9-4-3-7-14(19)13-6-5-8-15(13)21/h11-15,21H,3-10H2,1-2H3. The summed E-state index contributed by atoms with van der Waals surface area (Å²) < 4.78 is 2.02. The molecule has 2 heterocycles. The molecular weight excluding hydrogens is 264 g/mol. The van der Waals surface area contributed by atoms with Crippen LogP contribution in [-0.4, -0.2) is 43.5 Å². The third kappa shape index (κ3) is 3.14. The molecule has 0 bridgehead atoms. The van der Waals surface area contributed by atoms with E-state index in [2.05, 4.69) is 28.8 Å². The monoisotopic (exact) mass is 292 g/mol. The summed E-state index contributed by atoms with van der Waals surface area (Å²) in [6, 6.07) is 0.872. The number of hydrogen-bond donors (Lipinski definition) is 1. The molecule has 0 amide bonds. The average molecular weight is 292 g/mol. The average Bonchev–Trinajstić information content (AvgIpc) is 3.08. The Hall–Kier alpha value is -0.940.